The van der Waals surface area contributed by atoms with Crippen LogP contribution >= 0.6 is 11.6 Å². The van der Waals surface area contributed by atoms with Crippen molar-refractivity contribution in [2.45, 2.75) is 32.4 Å². The molecule has 0 saturated heterocycles. The molecule has 7 nitrogen and oxygen atoms in total. The van der Waals surface area contributed by atoms with Crippen LogP contribution in [0.3, 0.4) is 0 Å². The summed E-state index contributed by atoms with van der Waals surface area (Å²) in [4.78, 5) is 41.0. The number of anilines is 3. The summed E-state index contributed by atoms with van der Waals surface area (Å²) in [7, 11) is 1.64. The Kier molecular flexibility index (Phi) is 6.92. The van der Waals surface area contributed by atoms with Crippen molar-refractivity contribution in [1.29, 1.82) is 0 Å². The monoisotopic (exact) mass is 446 g/mol. The zero-order valence-corrected chi connectivity index (χ0v) is 18.2. The molecule has 31 heavy (non-hydrogen) atoms. The molecule has 2 aromatic rings. The normalized spacial score (nSPS) is 16.9. The summed E-state index contributed by atoms with van der Waals surface area (Å²) in [5, 5.41) is 5.56. The van der Waals surface area contributed by atoms with E-state index < -0.39 is 17.8 Å². The maximum Gasteiger partial charge on any atom is 0.241 e. The topological polar surface area (TPSA) is 81.8 Å². The summed E-state index contributed by atoms with van der Waals surface area (Å²) in [6.07, 6.45) is 0.163. The number of halogens is 2. The third-order valence-corrected chi connectivity index (χ3v) is 5.48. The fraction of sp³-hybridized carbons (Fsp3) is 0.318. The van der Waals surface area contributed by atoms with E-state index in [1.807, 2.05) is 0 Å². The molecule has 1 heterocycles. The van der Waals surface area contributed by atoms with Crippen LogP contribution in [0.2, 0.25) is 5.02 Å². The van der Waals surface area contributed by atoms with Gasteiger partial charge in [-0.15, -0.1) is 0 Å². The maximum atomic E-state index is 14.0. The molecule has 3 rings (SSSR count). The van der Waals surface area contributed by atoms with Gasteiger partial charge >= 0.3 is 0 Å². The van der Waals surface area contributed by atoms with Crippen LogP contribution in [0.5, 0.6) is 0 Å². The highest BCUT2D eigenvalue weighted by molar-refractivity contribution is 6.30. The van der Waals surface area contributed by atoms with Crippen molar-refractivity contribution >= 4 is 46.4 Å². The van der Waals surface area contributed by atoms with Gasteiger partial charge in [0.1, 0.15) is 5.82 Å². The SMILES string of the molecule is CC(C(=O)Nc1ccc(Cl)cc1F)N(C)CC(=O)N1c2ccccc2NC(=O)CC1C. The Bertz CT molecular complexity index is 1020. The van der Waals surface area contributed by atoms with Gasteiger partial charge in [0.25, 0.3) is 0 Å². The third kappa shape index (κ3) is 5.21. The molecule has 2 atom stereocenters. The van der Waals surface area contributed by atoms with Gasteiger partial charge in [0.05, 0.1) is 29.6 Å². The number of amides is 3. The smallest absolute Gasteiger partial charge is 0.241 e. The molecule has 0 radical (unpaired) electrons. The van der Waals surface area contributed by atoms with Crippen molar-refractivity contribution in [3.63, 3.8) is 0 Å². The Balaban J connectivity index is 1.71. The van der Waals surface area contributed by atoms with E-state index in [4.69, 9.17) is 11.6 Å². The molecule has 2 aromatic carbocycles. The molecule has 0 saturated carbocycles. The van der Waals surface area contributed by atoms with Gasteiger partial charge in [0.15, 0.2) is 0 Å². The van der Waals surface area contributed by atoms with E-state index in [1.165, 1.54) is 12.1 Å². The van der Waals surface area contributed by atoms with Gasteiger partial charge in [-0.2, -0.15) is 0 Å². The van der Waals surface area contributed by atoms with E-state index in [0.29, 0.717) is 11.4 Å². The van der Waals surface area contributed by atoms with Gasteiger partial charge in [0, 0.05) is 17.5 Å². The Labute approximate surface area is 185 Å². The predicted molar refractivity (Wildman–Crippen MR) is 119 cm³/mol. The minimum absolute atomic E-state index is 0.0145. The number of benzene rings is 2. The lowest BCUT2D eigenvalue weighted by atomic mass is 10.1. The molecule has 164 valence electrons. The molecule has 0 fully saturated rings. The molecule has 0 bridgehead atoms. The Morgan fingerprint density at radius 1 is 1.32 bits per heavy atom. The Morgan fingerprint density at radius 3 is 2.74 bits per heavy atom. The number of nitrogens with one attached hydrogen (secondary N) is 2. The number of fused-ring (bicyclic) bond motifs is 1. The minimum atomic E-state index is -0.712. The van der Waals surface area contributed by atoms with Crippen molar-refractivity contribution < 1.29 is 18.8 Å². The van der Waals surface area contributed by atoms with Gasteiger partial charge in [-0.05, 0) is 51.2 Å². The summed E-state index contributed by atoms with van der Waals surface area (Å²) < 4.78 is 14.0. The first kappa shape index (κ1) is 22.7. The minimum Gasteiger partial charge on any atom is -0.324 e. The van der Waals surface area contributed by atoms with Gasteiger partial charge in [-0.3, -0.25) is 19.3 Å². The molecule has 0 aliphatic carbocycles. The maximum absolute atomic E-state index is 14.0. The quantitative estimate of drug-likeness (QED) is 0.736. The van der Waals surface area contributed by atoms with Gasteiger partial charge < -0.3 is 15.5 Å². The number of nitrogens with zero attached hydrogens (tertiary/aromatic N) is 2. The van der Waals surface area contributed by atoms with Crippen LogP contribution in [-0.4, -0.2) is 48.3 Å². The number of carbonyl (C=O) groups is 3. The molecule has 2 N–H and O–H groups in total. The molecule has 0 aromatic heterocycles. The lowest BCUT2D eigenvalue weighted by molar-refractivity contribution is -0.123. The summed E-state index contributed by atoms with van der Waals surface area (Å²) in [6.45, 7) is 3.37. The second-order valence-corrected chi connectivity index (χ2v) is 8.02. The van der Waals surface area contributed by atoms with E-state index in [0.717, 1.165) is 6.07 Å². The Hall–Kier alpha value is -2.97. The molecular weight excluding hydrogens is 423 g/mol. The van der Waals surface area contributed by atoms with Crippen molar-refractivity contribution in [3.8, 4) is 0 Å². The van der Waals surface area contributed by atoms with Crippen molar-refractivity contribution in [3.05, 3.63) is 53.3 Å². The molecule has 0 spiro atoms. The molecule has 9 heteroatoms. The first-order valence-corrected chi connectivity index (χ1v) is 10.2. The summed E-state index contributed by atoms with van der Waals surface area (Å²) in [6, 6.07) is 10.0. The highest BCUT2D eigenvalue weighted by atomic mass is 35.5. The molecule has 3 amide bonds. The first-order chi connectivity index (χ1) is 14.7. The second kappa shape index (κ2) is 9.45. The fourth-order valence-electron chi connectivity index (χ4n) is 3.42. The lowest BCUT2D eigenvalue weighted by Crippen LogP contribution is -2.48. The number of hydrogen-bond donors (Lipinski definition) is 2. The van der Waals surface area contributed by atoms with Crippen LogP contribution in [0.1, 0.15) is 20.3 Å². The number of rotatable bonds is 5. The molecular formula is C22H24ClFN4O3. The first-order valence-electron chi connectivity index (χ1n) is 9.84. The summed E-state index contributed by atoms with van der Waals surface area (Å²) >= 11 is 5.74. The van der Waals surface area contributed by atoms with Gasteiger partial charge in [0.2, 0.25) is 17.7 Å². The number of likely N-dealkylation sites (N-methyl/N-ethyl adjacent to an activating group) is 1. The number of carbonyl (C=O) groups excluding carboxylic acids is 3. The zero-order valence-electron chi connectivity index (χ0n) is 17.5. The van der Waals surface area contributed by atoms with Crippen molar-refractivity contribution in [2.75, 3.05) is 29.1 Å². The molecule has 2 unspecified atom stereocenters. The fourth-order valence-corrected chi connectivity index (χ4v) is 3.58. The standard InChI is InChI=1S/C22H24ClFN4O3/c1-13-10-20(29)25-18-6-4-5-7-19(18)28(13)21(30)12-27(3)14(2)22(31)26-17-9-8-15(23)11-16(17)24/h4-9,11,13-14H,10,12H2,1-3H3,(H,25,29)(H,26,31). The highest BCUT2D eigenvalue weighted by Gasteiger charge is 2.31. The van der Waals surface area contributed by atoms with Crippen molar-refractivity contribution in [1.82, 2.24) is 4.90 Å². The summed E-state index contributed by atoms with van der Waals surface area (Å²) in [5.74, 6) is -1.52. The largest absolute Gasteiger partial charge is 0.324 e. The number of para-hydroxylation sites is 2. The third-order valence-electron chi connectivity index (χ3n) is 5.24. The van der Waals surface area contributed by atoms with E-state index >= 15 is 0 Å². The summed E-state index contributed by atoms with van der Waals surface area (Å²) in [5.41, 5.74) is 1.19. The average Bonchev–Trinajstić information content (AvgIpc) is 2.83. The Morgan fingerprint density at radius 2 is 2.03 bits per heavy atom. The zero-order chi connectivity index (χ0) is 22.7. The van der Waals surface area contributed by atoms with Crippen LogP contribution in [-0.2, 0) is 14.4 Å². The predicted octanol–water partition coefficient (Wildman–Crippen LogP) is 3.50. The van der Waals surface area contributed by atoms with E-state index in [2.05, 4.69) is 10.6 Å². The second-order valence-electron chi connectivity index (χ2n) is 7.59. The van der Waals surface area contributed by atoms with Crippen molar-refractivity contribution in [2.24, 2.45) is 0 Å². The van der Waals surface area contributed by atoms with Crippen LogP contribution in [0.15, 0.2) is 42.5 Å². The van der Waals surface area contributed by atoms with Crippen LogP contribution < -0.4 is 15.5 Å². The molecule has 1 aliphatic heterocycles. The highest BCUT2D eigenvalue weighted by Crippen LogP contribution is 2.31. The van der Waals surface area contributed by atoms with E-state index in [1.54, 1.807) is 55.0 Å². The van der Waals surface area contributed by atoms with Gasteiger partial charge in [-0.25, -0.2) is 4.39 Å². The lowest BCUT2D eigenvalue weighted by Gasteiger charge is -2.31. The van der Waals surface area contributed by atoms with Crippen LogP contribution in [0, 0.1) is 5.82 Å². The van der Waals surface area contributed by atoms with E-state index in [9.17, 15) is 18.8 Å². The molecule has 1 aliphatic rings. The van der Waals surface area contributed by atoms with Crippen LogP contribution in [0.4, 0.5) is 21.5 Å². The van der Waals surface area contributed by atoms with E-state index in [-0.39, 0.29) is 41.5 Å². The van der Waals surface area contributed by atoms with Crippen LogP contribution in [0.25, 0.3) is 0 Å². The average molecular weight is 447 g/mol. The van der Waals surface area contributed by atoms with Gasteiger partial charge in [-0.1, -0.05) is 23.7 Å². The number of hydrogen-bond acceptors (Lipinski definition) is 4.